The molecule has 0 spiro atoms. The van der Waals surface area contributed by atoms with Crippen LogP contribution in [0.3, 0.4) is 0 Å². The van der Waals surface area contributed by atoms with Gasteiger partial charge in [0.25, 0.3) is 0 Å². The molecule has 0 saturated heterocycles. The van der Waals surface area contributed by atoms with Gasteiger partial charge in [-0.2, -0.15) is 11.3 Å². The number of anilines is 1. The third kappa shape index (κ3) is 3.09. The van der Waals surface area contributed by atoms with E-state index in [1.54, 1.807) is 11.3 Å². The highest BCUT2D eigenvalue weighted by molar-refractivity contribution is 9.10. The first-order valence-corrected chi connectivity index (χ1v) is 7.06. The zero-order valence-corrected chi connectivity index (χ0v) is 12.0. The van der Waals surface area contributed by atoms with Crippen molar-refractivity contribution in [1.82, 2.24) is 0 Å². The first-order chi connectivity index (χ1) is 8.20. The number of nitrogens with zero attached hydrogens (tertiary/aromatic N) is 1. The molecule has 0 aliphatic heterocycles. The van der Waals surface area contributed by atoms with Crippen LogP contribution in [0.15, 0.2) is 39.5 Å². The van der Waals surface area contributed by atoms with Crippen LogP contribution in [-0.4, -0.2) is 12.2 Å². The van der Waals surface area contributed by atoms with Crippen molar-refractivity contribution >= 4 is 33.0 Å². The molecule has 0 amide bonds. The summed E-state index contributed by atoms with van der Waals surface area (Å²) in [5.41, 5.74) is 3.31. The Morgan fingerprint density at radius 1 is 1.35 bits per heavy atom. The molecule has 1 aromatic carbocycles. The predicted octanol–water partition coefficient (Wildman–Crippen LogP) is 3.64. The molecule has 1 heterocycles. The molecule has 0 radical (unpaired) electrons. The highest BCUT2D eigenvalue weighted by Gasteiger charge is 2.08. The third-order valence-electron chi connectivity index (χ3n) is 2.62. The van der Waals surface area contributed by atoms with E-state index < -0.39 is 0 Å². The Morgan fingerprint density at radius 2 is 2.18 bits per heavy atom. The van der Waals surface area contributed by atoms with E-state index in [0.29, 0.717) is 0 Å². The average Bonchev–Trinajstić information content (AvgIpc) is 2.81. The molecular weight excluding hydrogens is 298 g/mol. The van der Waals surface area contributed by atoms with Crippen molar-refractivity contribution in [3.8, 4) is 0 Å². The van der Waals surface area contributed by atoms with Gasteiger partial charge < -0.3 is 10.0 Å². The summed E-state index contributed by atoms with van der Waals surface area (Å²) < 4.78 is 0.995. The van der Waals surface area contributed by atoms with E-state index in [1.165, 1.54) is 5.56 Å². The number of halogens is 1. The van der Waals surface area contributed by atoms with E-state index in [0.717, 1.165) is 22.3 Å². The average molecular weight is 312 g/mol. The standard InChI is InChI=1S/C13H14BrNOS/c1-15(7-10-4-5-17-9-10)13-3-2-12(14)6-11(13)8-16/h2-6,9,16H,7-8H2,1H3. The second-order valence-corrected chi connectivity index (χ2v) is 5.61. The lowest BCUT2D eigenvalue weighted by molar-refractivity contribution is 0.282. The number of thiophene rings is 1. The van der Waals surface area contributed by atoms with Crippen LogP contribution in [0.5, 0.6) is 0 Å². The van der Waals surface area contributed by atoms with Gasteiger partial charge >= 0.3 is 0 Å². The van der Waals surface area contributed by atoms with Gasteiger partial charge in [0, 0.05) is 29.3 Å². The second-order valence-electron chi connectivity index (χ2n) is 3.92. The van der Waals surface area contributed by atoms with E-state index in [4.69, 9.17) is 0 Å². The Bertz CT molecular complexity index is 484. The van der Waals surface area contributed by atoms with Crippen molar-refractivity contribution in [2.75, 3.05) is 11.9 Å². The quantitative estimate of drug-likeness (QED) is 0.932. The van der Waals surface area contributed by atoms with Crippen LogP contribution in [0.1, 0.15) is 11.1 Å². The summed E-state index contributed by atoms with van der Waals surface area (Å²) in [5.74, 6) is 0. The molecule has 2 nitrogen and oxygen atoms in total. The van der Waals surface area contributed by atoms with Crippen LogP contribution in [-0.2, 0) is 13.2 Å². The van der Waals surface area contributed by atoms with Gasteiger partial charge in [0.2, 0.25) is 0 Å². The molecule has 2 aromatic rings. The molecule has 0 saturated carbocycles. The second kappa shape index (κ2) is 5.67. The summed E-state index contributed by atoms with van der Waals surface area (Å²) in [6.07, 6.45) is 0. The van der Waals surface area contributed by atoms with Crippen molar-refractivity contribution in [1.29, 1.82) is 0 Å². The molecule has 1 N–H and O–H groups in total. The van der Waals surface area contributed by atoms with Gasteiger partial charge in [0.05, 0.1) is 6.61 Å². The minimum atomic E-state index is 0.0583. The summed E-state index contributed by atoms with van der Waals surface area (Å²) in [5, 5.41) is 13.6. The maximum Gasteiger partial charge on any atom is 0.0702 e. The van der Waals surface area contributed by atoms with Gasteiger partial charge in [0.1, 0.15) is 0 Å². The number of benzene rings is 1. The third-order valence-corrected chi connectivity index (χ3v) is 3.85. The van der Waals surface area contributed by atoms with Crippen LogP contribution >= 0.6 is 27.3 Å². The van der Waals surface area contributed by atoms with Gasteiger partial charge in [-0.3, -0.25) is 0 Å². The fourth-order valence-electron chi connectivity index (χ4n) is 1.79. The minimum Gasteiger partial charge on any atom is -0.392 e. The van der Waals surface area contributed by atoms with Crippen molar-refractivity contribution in [3.05, 3.63) is 50.6 Å². The van der Waals surface area contributed by atoms with Crippen LogP contribution < -0.4 is 4.90 Å². The maximum atomic E-state index is 9.37. The minimum absolute atomic E-state index is 0.0583. The first-order valence-electron chi connectivity index (χ1n) is 5.32. The Kier molecular flexibility index (Phi) is 4.20. The summed E-state index contributed by atoms with van der Waals surface area (Å²) in [6, 6.07) is 8.11. The molecule has 1 aromatic heterocycles. The van der Waals surface area contributed by atoms with Crippen LogP contribution in [0.4, 0.5) is 5.69 Å². The van der Waals surface area contributed by atoms with Crippen molar-refractivity contribution < 1.29 is 5.11 Å². The number of hydrogen-bond donors (Lipinski definition) is 1. The molecule has 0 bridgehead atoms. The fourth-order valence-corrected chi connectivity index (χ4v) is 2.86. The number of hydrogen-bond acceptors (Lipinski definition) is 3. The highest BCUT2D eigenvalue weighted by Crippen LogP contribution is 2.25. The lowest BCUT2D eigenvalue weighted by atomic mass is 10.1. The zero-order chi connectivity index (χ0) is 12.3. The zero-order valence-electron chi connectivity index (χ0n) is 9.56. The molecule has 0 unspecified atom stereocenters. The van der Waals surface area contributed by atoms with Crippen LogP contribution in [0.2, 0.25) is 0 Å². The van der Waals surface area contributed by atoms with E-state index in [1.807, 2.05) is 25.2 Å². The van der Waals surface area contributed by atoms with Gasteiger partial charge in [-0.15, -0.1) is 0 Å². The molecule has 0 fully saturated rings. The summed E-state index contributed by atoms with van der Waals surface area (Å²) in [6.45, 7) is 0.918. The molecule has 4 heteroatoms. The normalized spacial score (nSPS) is 10.5. The van der Waals surface area contributed by atoms with Crippen molar-refractivity contribution in [2.24, 2.45) is 0 Å². The molecule has 90 valence electrons. The van der Waals surface area contributed by atoms with Crippen LogP contribution in [0.25, 0.3) is 0 Å². The predicted molar refractivity (Wildman–Crippen MR) is 76.5 cm³/mol. The number of aliphatic hydroxyl groups excluding tert-OH is 1. The largest absolute Gasteiger partial charge is 0.392 e. The van der Waals surface area contributed by atoms with Crippen LogP contribution in [0, 0.1) is 0 Å². The summed E-state index contributed by atoms with van der Waals surface area (Å²) in [4.78, 5) is 2.15. The Balaban J connectivity index is 2.21. The molecule has 0 aliphatic rings. The Labute approximate surface area is 114 Å². The van der Waals surface area contributed by atoms with Crippen molar-refractivity contribution in [3.63, 3.8) is 0 Å². The smallest absolute Gasteiger partial charge is 0.0702 e. The summed E-state index contributed by atoms with van der Waals surface area (Å²) >= 11 is 5.12. The summed E-state index contributed by atoms with van der Waals surface area (Å²) in [7, 11) is 2.04. The van der Waals surface area contributed by atoms with Gasteiger partial charge in [0.15, 0.2) is 0 Å². The fraction of sp³-hybridized carbons (Fsp3) is 0.231. The van der Waals surface area contributed by atoms with Gasteiger partial charge in [-0.25, -0.2) is 0 Å². The maximum absolute atomic E-state index is 9.37. The Morgan fingerprint density at radius 3 is 2.82 bits per heavy atom. The number of rotatable bonds is 4. The van der Waals surface area contributed by atoms with Gasteiger partial charge in [-0.05, 0) is 40.6 Å². The van der Waals surface area contributed by atoms with E-state index in [-0.39, 0.29) is 6.61 Å². The molecule has 2 rings (SSSR count). The molecular formula is C13H14BrNOS. The Hall–Kier alpha value is -0.840. The molecule has 17 heavy (non-hydrogen) atoms. The highest BCUT2D eigenvalue weighted by atomic mass is 79.9. The first kappa shape index (κ1) is 12.6. The lowest BCUT2D eigenvalue weighted by Crippen LogP contribution is -2.17. The van der Waals surface area contributed by atoms with Gasteiger partial charge in [-0.1, -0.05) is 15.9 Å². The number of aliphatic hydroxyl groups is 1. The monoisotopic (exact) mass is 311 g/mol. The van der Waals surface area contributed by atoms with E-state index >= 15 is 0 Å². The topological polar surface area (TPSA) is 23.5 Å². The lowest BCUT2D eigenvalue weighted by Gasteiger charge is -2.21. The van der Waals surface area contributed by atoms with E-state index in [9.17, 15) is 5.11 Å². The van der Waals surface area contributed by atoms with Crippen molar-refractivity contribution in [2.45, 2.75) is 13.2 Å². The molecule has 0 aliphatic carbocycles. The van der Waals surface area contributed by atoms with E-state index in [2.05, 4.69) is 37.7 Å². The SMILES string of the molecule is CN(Cc1ccsc1)c1ccc(Br)cc1CO. The molecule has 0 atom stereocenters.